The molecule has 110 valence electrons. The third-order valence-corrected chi connectivity index (χ3v) is 3.35. The maximum atomic E-state index is 12.8. The molecule has 0 saturated heterocycles. The molecule has 1 aliphatic carbocycles. The summed E-state index contributed by atoms with van der Waals surface area (Å²) in [6.45, 7) is 6.26. The summed E-state index contributed by atoms with van der Waals surface area (Å²) in [5.74, 6) is 0.784. The minimum Gasteiger partial charge on any atom is -0.370 e. The second-order valence-electron chi connectivity index (χ2n) is 5.22. The van der Waals surface area contributed by atoms with Gasteiger partial charge in [-0.25, -0.2) is 9.38 Å². The van der Waals surface area contributed by atoms with Gasteiger partial charge in [0.15, 0.2) is 5.96 Å². The lowest BCUT2D eigenvalue weighted by Gasteiger charge is -2.36. The number of hydrogen-bond acceptors (Lipinski definition) is 1. The van der Waals surface area contributed by atoms with Crippen LogP contribution in [0.3, 0.4) is 0 Å². The molecule has 0 spiro atoms. The predicted octanol–water partition coefficient (Wildman–Crippen LogP) is 3.17. The fourth-order valence-corrected chi connectivity index (χ4v) is 2.22. The van der Waals surface area contributed by atoms with E-state index in [-0.39, 0.29) is 29.8 Å². The summed E-state index contributed by atoms with van der Waals surface area (Å²) in [6.07, 6.45) is 2.02. The van der Waals surface area contributed by atoms with E-state index in [2.05, 4.69) is 16.9 Å². The second kappa shape index (κ2) is 7.61. The van der Waals surface area contributed by atoms with E-state index in [9.17, 15) is 4.39 Å². The zero-order valence-corrected chi connectivity index (χ0v) is 13.9. The minimum absolute atomic E-state index is 0. The average Bonchev–Trinajstić information content (AvgIpc) is 2.32. The van der Waals surface area contributed by atoms with E-state index in [0.717, 1.165) is 18.4 Å². The van der Waals surface area contributed by atoms with Gasteiger partial charge in [-0.3, -0.25) is 0 Å². The first-order valence-corrected chi connectivity index (χ1v) is 6.51. The van der Waals surface area contributed by atoms with E-state index in [1.54, 1.807) is 0 Å². The van der Waals surface area contributed by atoms with Gasteiger partial charge in [0.05, 0.1) is 6.54 Å². The topological polar surface area (TPSA) is 50.4 Å². The highest BCUT2D eigenvalue weighted by Gasteiger charge is 2.30. The number of aliphatic imine (C=N–C) groups is 1. The number of guanidine groups is 1. The van der Waals surface area contributed by atoms with Crippen LogP contribution in [0.15, 0.2) is 41.4 Å². The molecule has 20 heavy (non-hydrogen) atoms. The van der Waals surface area contributed by atoms with Crippen molar-refractivity contribution in [2.75, 3.05) is 6.54 Å². The summed E-state index contributed by atoms with van der Waals surface area (Å²) < 4.78 is 12.8. The van der Waals surface area contributed by atoms with Crippen molar-refractivity contribution in [3.8, 4) is 0 Å². The van der Waals surface area contributed by atoms with Crippen LogP contribution in [0.5, 0.6) is 0 Å². The van der Waals surface area contributed by atoms with Gasteiger partial charge in [0.2, 0.25) is 0 Å². The molecule has 0 bridgehead atoms. The Kier molecular flexibility index (Phi) is 6.45. The van der Waals surface area contributed by atoms with Crippen molar-refractivity contribution in [3.63, 3.8) is 0 Å². The quantitative estimate of drug-likeness (QED) is 0.360. The molecule has 1 aromatic carbocycles. The van der Waals surface area contributed by atoms with Crippen LogP contribution in [0.1, 0.15) is 31.2 Å². The second-order valence-corrected chi connectivity index (χ2v) is 5.22. The average molecular weight is 389 g/mol. The fraction of sp³-hybridized carbons (Fsp3) is 0.400. The van der Waals surface area contributed by atoms with Gasteiger partial charge in [0.1, 0.15) is 5.82 Å². The fourth-order valence-electron chi connectivity index (χ4n) is 2.22. The van der Waals surface area contributed by atoms with E-state index in [0.29, 0.717) is 24.5 Å². The van der Waals surface area contributed by atoms with Gasteiger partial charge in [-0.15, -0.1) is 24.0 Å². The van der Waals surface area contributed by atoms with Crippen molar-refractivity contribution < 1.29 is 4.39 Å². The molecule has 0 radical (unpaired) electrons. The lowest BCUT2D eigenvalue weighted by Crippen LogP contribution is -2.46. The van der Waals surface area contributed by atoms with Crippen molar-refractivity contribution in [1.29, 1.82) is 0 Å². The molecule has 5 heteroatoms. The van der Waals surface area contributed by atoms with E-state index >= 15 is 0 Å². The molecule has 1 fully saturated rings. The molecule has 3 nitrogen and oxygen atoms in total. The number of benzene rings is 1. The van der Waals surface area contributed by atoms with Crippen molar-refractivity contribution in [3.05, 3.63) is 47.8 Å². The molecule has 2 rings (SSSR count). The number of rotatable bonds is 4. The summed E-state index contributed by atoms with van der Waals surface area (Å²) >= 11 is 0. The van der Waals surface area contributed by atoms with Crippen LogP contribution >= 0.6 is 24.0 Å². The van der Waals surface area contributed by atoms with Gasteiger partial charge < -0.3 is 11.1 Å². The zero-order valence-electron chi connectivity index (χ0n) is 11.6. The smallest absolute Gasteiger partial charge is 0.189 e. The van der Waals surface area contributed by atoms with Crippen molar-refractivity contribution in [1.82, 2.24) is 5.32 Å². The van der Waals surface area contributed by atoms with Crippen molar-refractivity contribution in [2.45, 2.75) is 31.7 Å². The van der Waals surface area contributed by atoms with Gasteiger partial charge in [-0.05, 0) is 43.4 Å². The summed E-state index contributed by atoms with van der Waals surface area (Å²) in [5.41, 5.74) is 7.96. The number of nitrogens with two attached hydrogens (primary N) is 1. The molecular weight excluding hydrogens is 368 g/mol. The third kappa shape index (κ3) is 4.77. The lowest BCUT2D eigenvalue weighted by molar-refractivity contribution is 0.323. The highest BCUT2D eigenvalue weighted by atomic mass is 127. The standard InChI is InChI=1S/C15H20FN3.HI/c1-10(2)9-18-15(17)19-14-7-12(8-14)11-3-5-13(16)6-4-11;/h3-6,12,14H,1,7-9H2,2H3,(H3,17,18,19);1H. The largest absolute Gasteiger partial charge is 0.370 e. The summed E-state index contributed by atoms with van der Waals surface area (Å²) in [6, 6.07) is 7.10. The molecule has 0 atom stereocenters. The Morgan fingerprint density at radius 3 is 2.55 bits per heavy atom. The van der Waals surface area contributed by atoms with Crippen molar-refractivity contribution in [2.24, 2.45) is 10.7 Å². The summed E-state index contributed by atoms with van der Waals surface area (Å²) in [7, 11) is 0. The van der Waals surface area contributed by atoms with Crippen molar-refractivity contribution >= 4 is 29.9 Å². The van der Waals surface area contributed by atoms with Gasteiger partial charge in [-0.2, -0.15) is 0 Å². The monoisotopic (exact) mass is 389 g/mol. The van der Waals surface area contributed by atoms with Gasteiger partial charge in [0, 0.05) is 6.04 Å². The summed E-state index contributed by atoms with van der Waals surface area (Å²) in [4.78, 5) is 4.19. The predicted molar refractivity (Wildman–Crippen MR) is 92.0 cm³/mol. The molecule has 0 amide bonds. The first-order valence-electron chi connectivity index (χ1n) is 6.51. The first kappa shape index (κ1) is 16.9. The molecule has 0 aliphatic heterocycles. The number of halogens is 2. The highest BCUT2D eigenvalue weighted by molar-refractivity contribution is 14.0. The maximum Gasteiger partial charge on any atom is 0.189 e. The minimum atomic E-state index is -0.186. The van der Waals surface area contributed by atoms with E-state index in [4.69, 9.17) is 5.73 Å². The highest BCUT2D eigenvalue weighted by Crippen LogP contribution is 2.36. The van der Waals surface area contributed by atoms with Crippen LogP contribution in [0.2, 0.25) is 0 Å². The Hall–Kier alpha value is -1.11. The number of nitrogens with zero attached hydrogens (tertiary/aromatic N) is 1. The Bertz CT molecular complexity index is 478. The van der Waals surface area contributed by atoms with E-state index < -0.39 is 0 Å². The molecule has 1 saturated carbocycles. The molecule has 3 N–H and O–H groups in total. The lowest BCUT2D eigenvalue weighted by atomic mass is 9.76. The third-order valence-electron chi connectivity index (χ3n) is 3.35. The van der Waals surface area contributed by atoms with Crippen LogP contribution in [0, 0.1) is 5.82 Å². The van der Waals surface area contributed by atoms with Crippen LogP contribution in [-0.2, 0) is 0 Å². The van der Waals surface area contributed by atoms with Crippen LogP contribution in [-0.4, -0.2) is 18.5 Å². The van der Waals surface area contributed by atoms with Crippen LogP contribution < -0.4 is 11.1 Å². The van der Waals surface area contributed by atoms with Gasteiger partial charge in [0.25, 0.3) is 0 Å². The molecular formula is C15H21FIN3. The zero-order chi connectivity index (χ0) is 13.8. The van der Waals surface area contributed by atoms with Crippen LogP contribution in [0.25, 0.3) is 0 Å². The van der Waals surface area contributed by atoms with E-state index in [1.165, 1.54) is 17.7 Å². The SMILES string of the molecule is C=C(C)CN=C(N)NC1CC(c2ccc(F)cc2)C1.I. The Balaban J connectivity index is 0.00000200. The Morgan fingerprint density at radius 1 is 1.40 bits per heavy atom. The molecule has 0 aromatic heterocycles. The van der Waals surface area contributed by atoms with Gasteiger partial charge >= 0.3 is 0 Å². The number of nitrogens with one attached hydrogen (secondary N) is 1. The number of hydrogen-bond donors (Lipinski definition) is 2. The van der Waals surface area contributed by atoms with Gasteiger partial charge in [-0.1, -0.05) is 24.3 Å². The Morgan fingerprint density at radius 2 is 2.00 bits per heavy atom. The molecule has 1 aliphatic rings. The molecule has 0 unspecified atom stereocenters. The maximum absolute atomic E-state index is 12.8. The normalized spacial score (nSPS) is 21.6. The Labute approximate surface area is 136 Å². The first-order chi connectivity index (χ1) is 9.04. The summed E-state index contributed by atoms with van der Waals surface area (Å²) in [5, 5.41) is 3.20. The molecule has 1 aromatic rings. The molecule has 0 heterocycles. The van der Waals surface area contributed by atoms with E-state index in [1.807, 2.05) is 19.1 Å². The van der Waals surface area contributed by atoms with Crippen LogP contribution in [0.4, 0.5) is 4.39 Å².